The summed E-state index contributed by atoms with van der Waals surface area (Å²) in [6.07, 6.45) is 31.7. The second kappa shape index (κ2) is 25.7. The predicted molar refractivity (Wildman–Crippen MR) is 179 cm³/mol. The summed E-state index contributed by atoms with van der Waals surface area (Å²) >= 11 is 0. The van der Waals surface area contributed by atoms with E-state index in [1.807, 2.05) is 0 Å². The zero-order valence-electron chi connectivity index (χ0n) is 24.8. The molecule has 0 aliphatic heterocycles. The number of allylic oxidation sites excluding steroid dienone is 10. The number of rotatable bonds is 24. The average Bonchev–Trinajstić information content (AvgIpc) is 2.97. The van der Waals surface area contributed by atoms with Crippen LogP contribution >= 0.6 is 21.6 Å². The zero-order valence-corrected chi connectivity index (χ0v) is 26.5. The first-order valence-electron chi connectivity index (χ1n) is 14.8. The molecule has 0 radical (unpaired) electrons. The number of carbonyl (C=O) groups excluding carboxylic acids is 2. The monoisotopic (exact) mass is 613 g/mol. The molecule has 1 rings (SSSR count). The third-order valence-electron chi connectivity index (χ3n) is 5.94. The first-order valence-corrected chi connectivity index (χ1v) is 17.3. The van der Waals surface area contributed by atoms with E-state index in [-0.39, 0.29) is 29.4 Å². The third kappa shape index (κ3) is 20.8. The Bertz CT molecular complexity index is 1080. The van der Waals surface area contributed by atoms with Crippen molar-refractivity contribution in [3.63, 3.8) is 0 Å². The van der Waals surface area contributed by atoms with Crippen molar-refractivity contribution < 1.29 is 24.6 Å². The lowest BCUT2D eigenvalue weighted by Gasteiger charge is -2.06. The van der Waals surface area contributed by atoms with Gasteiger partial charge < -0.3 is 15.5 Å². The minimum absolute atomic E-state index is 0.0249. The Morgan fingerprint density at radius 3 is 2.05 bits per heavy atom. The minimum atomic E-state index is -1.23. The van der Waals surface area contributed by atoms with Gasteiger partial charge in [0.05, 0.1) is 5.75 Å². The molecule has 3 N–H and O–H groups in total. The number of phenols is 1. The number of unbranched alkanes of at least 4 members (excludes halogenated alkanes) is 3. The molecule has 0 unspecified atom stereocenters. The van der Waals surface area contributed by atoms with E-state index in [9.17, 15) is 19.5 Å². The van der Waals surface area contributed by atoms with Crippen molar-refractivity contribution >= 4 is 39.2 Å². The summed E-state index contributed by atoms with van der Waals surface area (Å²) in [6, 6.07) is 4.18. The summed E-state index contributed by atoms with van der Waals surface area (Å²) in [5.41, 5.74) is 0.356. The molecule has 6 nitrogen and oxygen atoms in total. The third-order valence-corrected chi connectivity index (χ3v) is 8.27. The van der Waals surface area contributed by atoms with Gasteiger partial charge in [-0.1, -0.05) is 102 Å². The van der Waals surface area contributed by atoms with Crippen molar-refractivity contribution in [2.24, 2.45) is 0 Å². The number of hydrogen-bond acceptors (Lipinski definition) is 6. The van der Waals surface area contributed by atoms with Gasteiger partial charge in [0.1, 0.15) is 17.1 Å². The molecule has 0 aromatic heterocycles. The van der Waals surface area contributed by atoms with Gasteiger partial charge in [-0.15, -0.1) is 0 Å². The van der Waals surface area contributed by atoms with Crippen molar-refractivity contribution in [2.45, 2.75) is 77.6 Å². The number of benzene rings is 1. The zero-order chi connectivity index (χ0) is 30.7. The molecule has 1 aromatic rings. The molecule has 42 heavy (non-hydrogen) atoms. The van der Waals surface area contributed by atoms with Crippen LogP contribution in [0.2, 0.25) is 0 Å². The molecule has 8 heteroatoms. The van der Waals surface area contributed by atoms with Gasteiger partial charge in [0.2, 0.25) is 5.91 Å². The van der Waals surface area contributed by atoms with Gasteiger partial charge in [-0.05, 0) is 69.1 Å². The van der Waals surface area contributed by atoms with Gasteiger partial charge in [0.15, 0.2) is 0 Å². The largest absolute Gasteiger partial charge is 0.507 e. The average molecular weight is 614 g/mol. The van der Waals surface area contributed by atoms with E-state index >= 15 is 0 Å². The number of amides is 1. The summed E-state index contributed by atoms with van der Waals surface area (Å²) in [4.78, 5) is 35.2. The van der Waals surface area contributed by atoms with Gasteiger partial charge in [0, 0.05) is 25.1 Å². The van der Waals surface area contributed by atoms with E-state index in [4.69, 9.17) is 5.11 Å². The molecule has 0 bridgehead atoms. The van der Waals surface area contributed by atoms with Crippen LogP contribution in [0.5, 0.6) is 5.75 Å². The number of nitrogens with one attached hydrogen (secondary N) is 1. The maximum atomic E-state index is 12.1. The van der Waals surface area contributed by atoms with Gasteiger partial charge in [-0.3, -0.25) is 9.59 Å². The number of carboxylic acid groups (broad SMARTS) is 1. The fourth-order valence-corrected chi connectivity index (χ4v) is 5.59. The highest BCUT2D eigenvalue weighted by Crippen LogP contribution is 2.22. The maximum absolute atomic E-state index is 12.1. The SMILES string of the molecule is CC/C=C\C/C=C\C/C=C\C/C=C\C/C=C\CCCCCC(=O)NCCSSCC(=O)Cc1ccc(O)c(C(=O)O)c1. The van der Waals surface area contributed by atoms with E-state index in [0.717, 1.165) is 57.8 Å². The Kier molecular flexibility index (Phi) is 22.7. The summed E-state index contributed by atoms with van der Waals surface area (Å²) in [7, 11) is 2.94. The highest BCUT2D eigenvalue weighted by molar-refractivity contribution is 8.76. The molecular weight excluding hydrogens is 567 g/mol. The van der Waals surface area contributed by atoms with Crippen LogP contribution < -0.4 is 5.32 Å². The number of ketones is 1. The Hall–Kier alpha value is -2.97. The van der Waals surface area contributed by atoms with E-state index in [1.165, 1.54) is 33.7 Å². The van der Waals surface area contributed by atoms with E-state index in [0.29, 0.717) is 30.0 Å². The second-order valence-electron chi connectivity index (χ2n) is 9.61. The summed E-state index contributed by atoms with van der Waals surface area (Å²) in [6.45, 7) is 2.71. The number of hydrogen-bond donors (Lipinski definition) is 3. The Morgan fingerprint density at radius 2 is 1.43 bits per heavy atom. The first kappa shape index (κ1) is 37.1. The molecule has 230 valence electrons. The Morgan fingerprint density at radius 1 is 0.810 bits per heavy atom. The topological polar surface area (TPSA) is 104 Å². The summed E-state index contributed by atoms with van der Waals surface area (Å²) < 4.78 is 0. The highest BCUT2D eigenvalue weighted by Gasteiger charge is 2.12. The minimum Gasteiger partial charge on any atom is -0.507 e. The number of Topliss-reactive ketones (excluding diaryl/α,β-unsaturated/α-hetero) is 1. The number of aromatic carboxylic acids is 1. The fourth-order valence-electron chi connectivity index (χ4n) is 3.72. The fraction of sp³-hybridized carbons (Fsp3) is 0.441. The molecule has 0 spiro atoms. The van der Waals surface area contributed by atoms with Crippen molar-refractivity contribution in [1.29, 1.82) is 0 Å². The summed E-state index contributed by atoms with van der Waals surface area (Å²) in [5, 5.41) is 21.5. The first-order chi connectivity index (χ1) is 20.4. The van der Waals surface area contributed by atoms with Crippen LogP contribution in [-0.2, 0) is 16.0 Å². The normalized spacial score (nSPS) is 12.0. The standard InChI is InChI=1S/C34H47NO5S2/c1-2-3-4-5-6-7-8-9-10-11-12-13-14-15-16-17-18-19-20-21-33(38)35-24-25-41-42-28-30(36)26-29-22-23-32(37)31(27-29)34(39)40/h3-4,6-7,9-10,12-13,15-16,22-23,27,37H,2,5,8,11,14,17-21,24-26,28H2,1H3,(H,35,38)(H,39,40)/b4-3-,7-6-,10-9-,13-12-,16-15-. The lowest BCUT2D eigenvalue weighted by atomic mass is 10.1. The summed E-state index contributed by atoms with van der Waals surface area (Å²) in [5.74, 6) is -0.506. The molecule has 0 saturated heterocycles. The van der Waals surface area contributed by atoms with Crippen LogP contribution in [0.15, 0.2) is 79.0 Å². The lowest BCUT2D eigenvalue weighted by molar-refractivity contribution is -0.121. The molecule has 0 fully saturated rings. The van der Waals surface area contributed by atoms with Gasteiger partial charge in [0.25, 0.3) is 0 Å². The smallest absolute Gasteiger partial charge is 0.339 e. The van der Waals surface area contributed by atoms with Crippen LogP contribution in [0.25, 0.3) is 0 Å². The van der Waals surface area contributed by atoms with Crippen LogP contribution in [0.4, 0.5) is 0 Å². The molecule has 0 atom stereocenters. The van der Waals surface area contributed by atoms with Crippen LogP contribution in [0, 0.1) is 0 Å². The van der Waals surface area contributed by atoms with E-state index in [2.05, 4.69) is 73.0 Å². The molecule has 0 aliphatic rings. The number of carboxylic acids is 1. The van der Waals surface area contributed by atoms with Crippen molar-refractivity contribution in [2.75, 3.05) is 18.1 Å². The van der Waals surface area contributed by atoms with Crippen LogP contribution in [0.3, 0.4) is 0 Å². The van der Waals surface area contributed by atoms with Gasteiger partial charge in [-0.25, -0.2) is 4.79 Å². The van der Waals surface area contributed by atoms with Gasteiger partial charge in [-0.2, -0.15) is 0 Å². The molecule has 1 aromatic carbocycles. The highest BCUT2D eigenvalue weighted by atomic mass is 33.1. The Balaban J connectivity index is 1.95. The van der Waals surface area contributed by atoms with Crippen molar-refractivity contribution in [1.82, 2.24) is 5.32 Å². The quantitative estimate of drug-likeness (QED) is 0.0611. The van der Waals surface area contributed by atoms with Crippen LogP contribution in [0.1, 0.15) is 87.1 Å². The Labute approximate surface area is 259 Å². The molecule has 0 aliphatic carbocycles. The second-order valence-corrected chi connectivity index (χ2v) is 12.2. The molecular formula is C34H47NO5S2. The number of aromatic hydroxyl groups is 1. The maximum Gasteiger partial charge on any atom is 0.339 e. The van der Waals surface area contributed by atoms with Crippen molar-refractivity contribution in [3.8, 4) is 5.75 Å². The van der Waals surface area contributed by atoms with Crippen molar-refractivity contribution in [3.05, 3.63) is 90.1 Å². The van der Waals surface area contributed by atoms with E-state index < -0.39 is 5.97 Å². The van der Waals surface area contributed by atoms with Crippen LogP contribution in [-0.4, -0.2) is 45.9 Å². The molecule has 1 amide bonds. The van der Waals surface area contributed by atoms with E-state index in [1.54, 1.807) is 6.07 Å². The van der Waals surface area contributed by atoms with Gasteiger partial charge >= 0.3 is 5.97 Å². The predicted octanol–water partition coefficient (Wildman–Crippen LogP) is 8.40. The number of carbonyl (C=O) groups is 3. The molecule has 0 heterocycles. The lowest BCUT2D eigenvalue weighted by Crippen LogP contribution is -2.25. The molecule has 0 saturated carbocycles.